The summed E-state index contributed by atoms with van der Waals surface area (Å²) < 4.78 is 0. The van der Waals surface area contributed by atoms with Gasteiger partial charge in [-0.2, -0.15) is 0 Å². The Bertz CT molecular complexity index is 4.53. The van der Waals surface area contributed by atoms with Crippen molar-refractivity contribution in [1.29, 1.82) is 0 Å². The van der Waals surface area contributed by atoms with Gasteiger partial charge in [0.2, 0.25) is 0 Å². The van der Waals surface area contributed by atoms with Crippen molar-refractivity contribution in [2.24, 2.45) is 0 Å². The minimum atomic E-state index is 0. The van der Waals surface area contributed by atoms with Crippen molar-refractivity contribution in [3.8, 4) is 0 Å². The molecular formula is H9Cl8K. The van der Waals surface area contributed by atoms with Gasteiger partial charge in [-0.15, -0.1) is 99.3 Å². The summed E-state index contributed by atoms with van der Waals surface area (Å²) in [5.74, 6) is 0. The summed E-state index contributed by atoms with van der Waals surface area (Å²) in [6, 6.07) is 0. The summed E-state index contributed by atoms with van der Waals surface area (Å²) >= 11 is 0. The van der Waals surface area contributed by atoms with Crippen molar-refractivity contribution < 1.29 is 0 Å². The van der Waals surface area contributed by atoms with E-state index >= 15 is 0 Å². The molecule has 0 aromatic rings. The summed E-state index contributed by atoms with van der Waals surface area (Å²) in [6.45, 7) is 0. The van der Waals surface area contributed by atoms with Crippen molar-refractivity contribution in [1.82, 2.24) is 0 Å². The standard InChI is InChI=1S/8ClH.K.H/h8*1H;;. The fourth-order valence-corrected chi connectivity index (χ4v) is 0. The molecule has 0 rings (SSSR count). The number of halogens is 8. The van der Waals surface area contributed by atoms with E-state index in [1.807, 2.05) is 0 Å². The molecule has 0 aliphatic heterocycles. The average Bonchev–Trinajstić information content (AvgIpc) is 0. The summed E-state index contributed by atoms with van der Waals surface area (Å²) in [5.41, 5.74) is 0. The second kappa shape index (κ2) is 91.7. The van der Waals surface area contributed by atoms with Crippen molar-refractivity contribution >= 4 is 151 Å². The van der Waals surface area contributed by atoms with E-state index in [4.69, 9.17) is 0 Å². The molecular weight excluding hydrogens is 323 g/mol. The first-order valence-corrected chi connectivity index (χ1v) is 0. The summed E-state index contributed by atoms with van der Waals surface area (Å²) in [4.78, 5) is 0. The zero-order chi connectivity index (χ0) is 0. The Kier molecular flexibility index (Phi) is 1210. The molecule has 0 saturated heterocycles. The van der Waals surface area contributed by atoms with E-state index in [2.05, 4.69) is 0 Å². The fraction of sp³-hybridized carbons (Fsp3) is 0. The molecule has 0 aromatic carbocycles. The molecule has 0 saturated carbocycles. The Labute approximate surface area is 148 Å². The van der Waals surface area contributed by atoms with Crippen LogP contribution in [0, 0.1) is 0 Å². The molecule has 0 nitrogen and oxygen atoms in total. The molecule has 0 amide bonds. The molecule has 0 bridgehead atoms. The molecule has 0 atom stereocenters. The van der Waals surface area contributed by atoms with Gasteiger partial charge < -0.3 is 0 Å². The van der Waals surface area contributed by atoms with Gasteiger partial charge in [-0.25, -0.2) is 0 Å². The number of hydrogen-bond acceptors (Lipinski definition) is 0. The maximum atomic E-state index is 0. The third-order valence-corrected chi connectivity index (χ3v) is 0. The summed E-state index contributed by atoms with van der Waals surface area (Å²) in [5, 5.41) is 0. The van der Waals surface area contributed by atoms with E-state index in [0.717, 1.165) is 0 Å². The van der Waals surface area contributed by atoms with Gasteiger partial charge in [0.05, 0.1) is 0 Å². The predicted octanol–water partition coefficient (Wildman–Crippen LogP) is 2.73. The molecule has 0 radical (unpaired) electrons. The van der Waals surface area contributed by atoms with E-state index in [1.165, 1.54) is 0 Å². The van der Waals surface area contributed by atoms with Crippen LogP contribution in [0.2, 0.25) is 0 Å². The molecule has 0 heterocycles. The van der Waals surface area contributed by atoms with Crippen LogP contribution in [0.3, 0.4) is 0 Å². The van der Waals surface area contributed by atoms with Crippen LogP contribution in [-0.4, -0.2) is 51.4 Å². The molecule has 9 heavy (non-hydrogen) atoms. The topological polar surface area (TPSA) is 0 Å². The maximum absolute atomic E-state index is 0. The third kappa shape index (κ3) is 75.7. The first kappa shape index (κ1) is 118. The van der Waals surface area contributed by atoms with Crippen LogP contribution in [0.4, 0.5) is 0 Å². The predicted molar refractivity (Wildman–Crippen MR) is 65.1 cm³/mol. The molecule has 0 aliphatic rings. The zero-order valence-corrected chi connectivity index (χ0v) is 9.80. The summed E-state index contributed by atoms with van der Waals surface area (Å²) in [7, 11) is 0. The Morgan fingerprint density at radius 1 is 0.222 bits per heavy atom. The van der Waals surface area contributed by atoms with E-state index in [0.29, 0.717) is 0 Å². The van der Waals surface area contributed by atoms with Crippen molar-refractivity contribution in [2.45, 2.75) is 0 Å². The third-order valence-electron chi connectivity index (χ3n) is 0. The minimum absolute atomic E-state index is 0. The number of hydrogen-bond donors (Lipinski definition) is 0. The Balaban J connectivity index is 0. The number of rotatable bonds is 0. The Morgan fingerprint density at radius 3 is 0.222 bits per heavy atom. The van der Waals surface area contributed by atoms with E-state index in [9.17, 15) is 0 Å². The van der Waals surface area contributed by atoms with Gasteiger partial charge in [-0.3, -0.25) is 0 Å². The normalized spacial score (nSPS) is 0. The molecule has 0 unspecified atom stereocenters. The van der Waals surface area contributed by atoms with Crippen LogP contribution in [0.1, 0.15) is 0 Å². The van der Waals surface area contributed by atoms with Crippen LogP contribution >= 0.6 is 99.3 Å². The first-order valence-electron chi connectivity index (χ1n) is 0. The van der Waals surface area contributed by atoms with Crippen LogP contribution < -0.4 is 0 Å². The Morgan fingerprint density at radius 2 is 0.222 bits per heavy atom. The van der Waals surface area contributed by atoms with E-state index in [-0.39, 0.29) is 151 Å². The quantitative estimate of drug-likeness (QED) is 0.599. The van der Waals surface area contributed by atoms with Crippen LogP contribution in [-0.2, 0) is 0 Å². The molecule has 0 fully saturated rings. The fourth-order valence-electron chi connectivity index (χ4n) is 0. The zero-order valence-electron chi connectivity index (χ0n) is 3.27. The van der Waals surface area contributed by atoms with Crippen molar-refractivity contribution in [2.75, 3.05) is 0 Å². The SMILES string of the molecule is Cl.Cl.Cl.Cl.Cl.Cl.Cl.Cl.[KH]. The molecule has 0 aromatic heterocycles. The monoisotopic (exact) mass is 328 g/mol. The van der Waals surface area contributed by atoms with Gasteiger partial charge in [0.15, 0.2) is 0 Å². The van der Waals surface area contributed by atoms with Crippen LogP contribution in [0.15, 0.2) is 0 Å². The molecule has 0 spiro atoms. The van der Waals surface area contributed by atoms with Gasteiger partial charge in [0.25, 0.3) is 0 Å². The van der Waals surface area contributed by atoms with Gasteiger partial charge in [-0.1, -0.05) is 0 Å². The van der Waals surface area contributed by atoms with Crippen molar-refractivity contribution in [3.05, 3.63) is 0 Å². The van der Waals surface area contributed by atoms with Crippen LogP contribution in [0.5, 0.6) is 0 Å². The van der Waals surface area contributed by atoms with Crippen molar-refractivity contribution in [3.63, 3.8) is 0 Å². The molecule has 0 aliphatic carbocycles. The average molecular weight is 332 g/mol. The second-order valence-electron chi connectivity index (χ2n) is 0. The Hall–Kier alpha value is 3.96. The van der Waals surface area contributed by atoms with Gasteiger partial charge in [0, 0.05) is 0 Å². The second-order valence-corrected chi connectivity index (χ2v) is 0. The molecule has 9 heteroatoms. The van der Waals surface area contributed by atoms with Gasteiger partial charge >= 0.3 is 51.4 Å². The summed E-state index contributed by atoms with van der Waals surface area (Å²) in [6.07, 6.45) is 0. The molecule has 0 N–H and O–H groups in total. The van der Waals surface area contributed by atoms with E-state index < -0.39 is 0 Å². The van der Waals surface area contributed by atoms with E-state index in [1.54, 1.807) is 0 Å². The van der Waals surface area contributed by atoms with Gasteiger partial charge in [0.1, 0.15) is 0 Å². The van der Waals surface area contributed by atoms with Gasteiger partial charge in [-0.05, 0) is 0 Å². The molecule has 66 valence electrons. The van der Waals surface area contributed by atoms with Crippen LogP contribution in [0.25, 0.3) is 0 Å². The first-order chi connectivity index (χ1) is 0.